The molecular weight excluding hydrogens is 236 g/mol. The Bertz CT molecular complexity index is 205. The Labute approximate surface area is 120 Å². The van der Waals surface area contributed by atoms with E-state index in [1.54, 1.807) is 0 Å². The molecule has 0 spiro atoms. The molecule has 2 N–H and O–H groups in total. The van der Waals surface area contributed by atoms with Gasteiger partial charge in [-0.1, -0.05) is 72.6 Å². The van der Waals surface area contributed by atoms with E-state index in [9.17, 15) is 10.2 Å². The first-order valence-electron chi connectivity index (χ1n) is 8.31. The summed E-state index contributed by atoms with van der Waals surface area (Å²) in [5.74, 6) is 0.164. The lowest BCUT2D eigenvalue weighted by atomic mass is 9.70. The van der Waals surface area contributed by atoms with Crippen LogP contribution < -0.4 is 0 Å². The first-order chi connectivity index (χ1) is 9.02. The molecule has 0 aromatic carbocycles. The van der Waals surface area contributed by atoms with Crippen molar-refractivity contribution in [2.24, 2.45) is 11.3 Å². The molecule has 0 fully saturated rings. The second-order valence-corrected chi connectivity index (χ2v) is 6.37. The molecule has 19 heavy (non-hydrogen) atoms. The normalized spacial score (nSPS) is 18.0. The van der Waals surface area contributed by atoms with Crippen LogP contribution in [0.5, 0.6) is 0 Å². The van der Waals surface area contributed by atoms with Crippen LogP contribution in [-0.4, -0.2) is 22.9 Å². The summed E-state index contributed by atoms with van der Waals surface area (Å²) < 4.78 is 0. The van der Waals surface area contributed by atoms with Crippen LogP contribution in [0.25, 0.3) is 0 Å². The molecule has 2 heteroatoms. The van der Waals surface area contributed by atoms with E-state index in [1.807, 2.05) is 6.92 Å². The quantitative estimate of drug-likeness (QED) is 0.512. The molecule has 0 rings (SSSR count). The van der Waals surface area contributed by atoms with E-state index in [0.29, 0.717) is 0 Å². The SMILES string of the molecule is CCCCCCCCC[C@H](O)[C@](C)(CC)[C@@H](C)CO. The topological polar surface area (TPSA) is 40.5 Å². The molecule has 0 radical (unpaired) electrons. The summed E-state index contributed by atoms with van der Waals surface area (Å²) in [4.78, 5) is 0. The molecule has 3 atom stereocenters. The molecule has 0 heterocycles. The fourth-order valence-electron chi connectivity index (χ4n) is 2.75. The molecule has 0 unspecified atom stereocenters. The third-order valence-electron chi connectivity index (χ3n) is 5.00. The highest BCUT2D eigenvalue weighted by Gasteiger charge is 2.35. The predicted octanol–water partition coefficient (Wildman–Crippen LogP) is 4.53. The molecule has 0 aliphatic carbocycles. The Hall–Kier alpha value is -0.0800. The van der Waals surface area contributed by atoms with Crippen molar-refractivity contribution in [3.8, 4) is 0 Å². The molecule has 0 saturated carbocycles. The highest BCUT2D eigenvalue weighted by atomic mass is 16.3. The number of rotatable bonds is 12. The molecule has 116 valence electrons. The Kier molecular flexibility index (Phi) is 10.6. The average Bonchev–Trinajstić information content (AvgIpc) is 2.44. The van der Waals surface area contributed by atoms with E-state index in [-0.39, 0.29) is 24.0 Å². The summed E-state index contributed by atoms with van der Waals surface area (Å²) in [6.45, 7) is 8.67. The van der Waals surface area contributed by atoms with Crippen molar-refractivity contribution in [3.05, 3.63) is 0 Å². The van der Waals surface area contributed by atoms with Crippen LogP contribution in [0.1, 0.15) is 85.5 Å². The number of hydrogen-bond donors (Lipinski definition) is 2. The molecule has 0 bridgehead atoms. The highest BCUT2D eigenvalue weighted by molar-refractivity contribution is 4.85. The van der Waals surface area contributed by atoms with Crippen molar-refractivity contribution < 1.29 is 10.2 Å². The monoisotopic (exact) mass is 272 g/mol. The fraction of sp³-hybridized carbons (Fsp3) is 1.00. The zero-order chi connectivity index (χ0) is 14.7. The molecule has 0 aromatic rings. The minimum absolute atomic E-state index is 0.142. The third-order valence-corrected chi connectivity index (χ3v) is 5.00. The van der Waals surface area contributed by atoms with Gasteiger partial charge < -0.3 is 10.2 Å². The zero-order valence-electron chi connectivity index (χ0n) is 13.6. The van der Waals surface area contributed by atoms with Crippen LogP contribution in [0.4, 0.5) is 0 Å². The molecule has 2 nitrogen and oxygen atoms in total. The Morgan fingerprint density at radius 1 is 0.947 bits per heavy atom. The van der Waals surface area contributed by atoms with E-state index in [1.165, 1.54) is 38.5 Å². The van der Waals surface area contributed by atoms with Gasteiger partial charge in [-0.25, -0.2) is 0 Å². The van der Waals surface area contributed by atoms with Gasteiger partial charge in [0, 0.05) is 6.61 Å². The van der Waals surface area contributed by atoms with Gasteiger partial charge in [0.2, 0.25) is 0 Å². The summed E-state index contributed by atoms with van der Waals surface area (Å²) >= 11 is 0. The molecule has 0 saturated heterocycles. The summed E-state index contributed by atoms with van der Waals surface area (Å²) in [6, 6.07) is 0. The second kappa shape index (κ2) is 10.7. The Balaban J connectivity index is 3.85. The number of hydrogen-bond acceptors (Lipinski definition) is 2. The van der Waals surface area contributed by atoms with E-state index in [4.69, 9.17) is 0 Å². The number of aliphatic hydroxyl groups is 2. The van der Waals surface area contributed by atoms with Crippen LogP contribution in [0.3, 0.4) is 0 Å². The third kappa shape index (κ3) is 6.76. The maximum Gasteiger partial charge on any atom is 0.0597 e. The van der Waals surface area contributed by atoms with Gasteiger partial charge in [-0.3, -0.25) is 0 Å². The van der Waals surface area contributed by atoms with Crippen molar-refractivity contribution in [3.63, 3.8) is 0 Å². The van der Waals surface area contributed by atoms with Gasteiger partial charge in [-0.15, -0.1) is 0 Å². The number of unbranched alkanes of at least 4 members (excludes halogenated alkanes) is 6. The molecular formula is C17H36O2. The predicted molar refractivity (Wildman–Crippen MR) is 83.3 cm³/mol. The minimum Gasteiger partial charge on any atom is -0.396 e. The summed E-state index contributed by atoms with van der Waals surface area (Å²) in [5.41, 5.74) is -0.142. The molecule has 0 aliphatic rings. The molecule has 0 aromatic heterocycles. The van der Waals surface area contributed by atoms with Crippen LogP contribution in [0.15, 0.2) is 0 Å². The smallest absolute Gasteiger partial charge is 0.0597 e. The molecule has 0 amide bonds. The maximum atomic E-state index is 10.4. The van der Waals surface area contributed by atoms with Gasteiger partial charge >= 0.3 is 0 Å². The second-order valence-electron chi connectivity index (χ2n) is 6.37. The first kappa shape index (κ1) is 18.9. The zero-order valence-corrected chi connectivity index (χ0v) is 13.6. The van der Waals surface area contributed by atoms with Crippen LogP contribution >= 0.6 is 0 Å². The van der Waals surface area contributed by atoms with E-state index >= 15 is 0 Å². The summed E-state index contributed by atoms with van der Waals surface area (Å²) in [7, 11) is 0. The lowest BCUT2D eigenvalue weighted by molar-refractivity contribution is -0.0287. The molecule has 0 aliphatic heterocycles. The van der Waals surface area contributed by atoms with Gasteiger partial charge in [-0.2, -0.15) is 0 Å². The van der Waals surface area contributed by atoms with E-state index in [0.717, 1.165) is 19.3 Å². The first-order valence-corrected chi connectivity index (χ1v) is 8.31. The lowest BCUT2D eigenvalue weighted by Gasteiger charge is -2.38. The number of aliphatic hydroxyl groups excluding tert-OH is 2. The minimum atomic E-state index is -0.282. The van der Waals surface area contributed by atoms with Crippen LogP contribution in [0.2, 0.25) is 0 Å². The van der Waals surface area contributed by atoms with E-state index in [2.05, 4.69) is 20.8 Å². The van der Waals surface area contributed by atoms with E-state index < -0.39 is 0 Å². The Morgan fingerprint density at radius 3 is 1.95 bits per heavy atom. The van der Waals surface area contributed by atoms with Crippen molar-refractivity contribution in [2.75, 3.05) is 6.61 Å². The van der Waals surface area contributed by atoms with Gasteiger partial charge in [0.05, 0.1) is 6.10 Å². The fourth-order valence-corrected chi connectivity index (χ4v) is 2.75. The van der Waals surface area contributed by atoms with Crippen molar-refractivity contribution in [2.45, 2.75) is 91.6 Å². The highest BCUT2D eigenvalue weighted by Crippen LogP contribution is 2.36. The largest absolute Gasteiger partial charge is 0.396 e. The Morgan fingerprint density at radius 2 is 1.47 bits per heavy atom. The van der Waals surface area contributed by atoms with Crippen LogP contribution in [-0.2, 0) is 0 Å². The maximum absolute atomic E-state index is 10.4. The van der Waals surface area contributed by atoms with Gasteiger partial charge in [0.1, 0.15) is 0 Å². The van der Waals surface area contributed by atoms with Crippen LogP contribution in [0, 0.1) is 11.3 Å². The van der Waals surface area contributed by atoms with Crippen molar-refractivity contribution in [1.29, 1.82) is 0 Å². The standard InChI is InChI=1S/C17H36O2/c1-5-7-8-9-10-11-12-13-16(19)17(4,6-2)15(3)14-18/h15-16,18-19H,5-14H2,1-4H3/t15-,16-,17+/m0/s1. The van der Waals surface area contributed by atoms with Crippen molar-refractivity contribution >= 4 is 0 Å². The van der Waals surface area contributed by atoms with Gasteiger partial charge in [0.25, 0.3) is 0 Å². The summed E-state index contributed by atoms with van der Waals surface area (Å²) in [6.07, 6.45) is 10.5. The van der Waals surface area contributed by atoms with Gasteiger partial charge in [-0.05, 0) is 24.2 Å². The lowest BCUT2D eigenvalue weighted by Crippen LogP contribution is -2.39. The van der Waals surface area contributed by atoms with Gasteiger partial charge in [0.15, 0.2) is 0 Å². The van der Waals surface area contributed by atoms with Crippen molar-refractivity contribution in [1.82, 2.24) is 0 Å². The summed E-state index contributed by atoms with van der Waals surface area (Å²) in [5, 5.41) is 19.7. The average molecular weight is 272 g/mol.